The molecule has 2 amide bonds. The largest absolute Gasteiger partial charge is 0.497 e. The van der Waals surface area contributed by atoms with E-state index in [1.54, 1.807) is 56.5 Å². The summed E-state index contributed by atoms with van der Waals surface area (Å²) in [5.74, 6) is -0.135. The van der Waals surface area contributed by atoms with Gasteiger partial charge in [0.25, 0.3) is 0 Å². The van der Waals surface area contributed by atoms with Crippen molar-refractivity contribution in [1.82, 2.24) is 10.2 Å². The summed E-state index contributed by atoms with van der Waals surface area (Å²) in [5, 5.41) is 3.49. The number of sulfonamides is 1. The molecule has 0 saturated heterocycles. The lowest BCUT2D eigenvalue weighted by molar-refractivity contribution is -0.139. The van der Waals surface area contributed by atoms with E-state index in [2.05, 4.69) is 5.32 Å². The number of nitrogens with one attached hydrogen (secondary N) is 1. The zero-order chi connectivity index (χ0) is 25.6. The molecule has 1 aliphatic rings. The van der Waals surface area contributed by atoms with Crippen LogP contribution >= 0.6 is 11.6 Å². The van der Waals surface area contributed by atoms with Crippen LogP contribution in [-0.4, -0.2) is 57.1 Å². The molecule has 0 bridgehead atoms. The van der Waals surface area contributed by atoms with Crippen LogP contribution in [0.25, 0.3) is 0 Å². The standard InChI is InChI=1S/C25H32ClN3O5S/c1-18(25(31)27-21-8-4-5-9-21)28(16-19-7-6-10-23(15-19)34-2)24(30)17-29(35(3,32)33)22-13-11-20(26)12-14-22/h6-7,10-15,18,21H,4-5,8-9,16-17H2,1-3H3,(H,27,31)/t18-/m1/s1. The summed E-state index contributed by atoms with van der Waals surface area (Å²) in [6.07, 6.45) is 5.01. The van der Waals surface area contributed by atoms with Crippen molar-refractivity contribution < 1.29 is 22.7 Å². The third kappa shape index (κ3) is 7.35. The van der Waals surface area contributed by atoms with E-state index in [1.165, 1.54) is 4.90 Å². The molecule has 1 saturated carbocycles. The number of hydrogen-bond donors (Lipinski definition) is 1. The summed E-state index contributed by atoms with van der Waals surface area (Å²) in [6, 6.07) is 12.7. The Bertz CT molecular complexity index is 1130. The van der Waals surface area contributed by atoms with Gasteiger partial charge in [-0.1, -0.05) is 36.6 Å². The van der Waals surface area contributed by atoms with Crippen LogP contribution in [0.15, 0.2) is 48.5 Å². The van der Waals surface area contributed by atoms with Crippen LogP contribution in [0.4, 0.5) is 5.69 Å². The van der Waals surface area contributed by atoms with Crippen molar-refractivity contribution in [3.05, 3.63) is 59.1 Å². The number of methoxy groups -OCH3 is 1. The van der Waals surface area contributed by atoms with Crippen molar-refractivity contribution in [2.45, 2.75) is 51.2 Å². The fourth-order valence-electron chi connectivity index (χ4n) is 4.16. The van der Waals surface area contributed by atoms with E-state index >= 15 is 0 Å². The molecular weight excluding hydrogens is 490 g/mol. The predicted molar refractivity (Wildman–Crippen MR) is 137 cm³/mol. The number of benzene rings is 2. The zero-order valence-electron chi connectivity index (χ0n) is 20.2. The summed E-state index contributed by atoms with van der Waals surface area (Å²) in [7, 11) is -2.23. The molecule has 10 heteroatoms. The van der Waals surface area contributed by atoms with E-state index in [1.807, 2.05) is 6.07 Å². The molecule has 0 aliphatic heterocycles. The van der Waals surface area contributed by atoms with Gasteiger partial charge in [0.05, 0.1) is 19.1 Å². The minimum atomic E-state index is -3.79. The number of rotatable bonds is 10. The molecule has 1 N–H and O–H groups in total. The molecular formula is C25H32ClN3O5S. The summed E-state index contributed by atoms with van der Waals surface area (Å²) >= 11 is 5.95. The summed E-state index contributed by atoms with van der Waals surface area (Å²) in [4.78, 5) is 28.0. The van der Waals surface area contributed by atoms with Crippen molar-refractivity contribution in [3.63, 3.8) is 0 Å². The Morgan fingerprint density at radius 2 is 1.80 bits per heavy atom. The van der Waals surface area contributed by atoms with Gasteiger partial charge in [0.15, 0.2) is 0 Å². The fraction of sp³-hybridized carbons (Fsp3) is 0.440. The van der Waals surface area contributed by atoms with Gasteiger partial charge in [-0.15, -0.1) is 0 Å². The van der Waals surface area contributed by atoms with Gasteiger partial charge in [-0.25, -0.2) is 8.42 Å². The average Bonchev–Trinajstić information content (AvgIpc) is 3.33. The molecule has 0 radical (unpaired) electrons. The first-order valence-electron chi connectivity index (χ1n) is 11.5. The van der Waals surface area contributed by atoms with Crippen LogP contribution in [0, 0.1) is 0 Å². The van der Waals surface area contributed by atoms with Gasteiger partial charge >= 0.3 is 0 Å². The Balaban J connectivity index is 1.88. The molecule has 0 aromatic heterocycles. The number of hydrogen-bond acceptors (Lipinski definition) is 5. The zero-order valence-corrected chi connectivity index (χ0v) is 21.8. The Labute approximate surface area is 212 Å². The monoisotopic (exact) mass is 521 g/mol. The van der Waals surface area contributed by atoms with E-state index in [0.717, 1.165) is 41.8 Å². The molecule has 190 valence electrons. The minimum absolute atomic E-state index is 0.0975. The summed E-state index contributed by atoms with van der Waals surface area (Å²) in [5.41, 5.74) is 1.07. The van der Waals surface area contributed by atoms with Gasteiger partial charge in [-0.3, -0.25) is 13.9 Å². The Morgan fingerprint density at radius 3 is 2.40 bits per heavy atom. The average molecular weight is 522 g/mol. The van der Waals surface area contributed by atoms with Crippen molar-refractivity contribution in [2.75, 3.05) is 24.2 Å². The predicted octanol–water partition coefficient (Wildman–Crippen LogP) is 3.59. The van der Waals surface area contributed by atoms with E-state index in [0.29, 0.717) is 16.5 Å². The summed E-state index contributed by atoms with van der Waals surface area (Å²) in [6.45, 7) is 1.33. The SMILES string of the molecule is COc1cccc(CN(C(=O)CN(c2ccc(Cl)cc2)S(C)(=O)=O)[C@H](C)C(=O)NC2CCCC2)c1. The smallest absolute Gasteiger partial charge is 0.244 e. The van der Waals surface area contributed by atoms with Crippen LogP contribution in [-0.2, 0) is 26.2 Å². The van der Waals surface area contributed by atoms with Crippen molar-refractivity contribution in [2.24, 2.45) is 0 Å². The molecule has 1 atom stereocenters. The number of amides is 2. The van der Waals surface area contributed by atoms with Gasteiger partial charge in [-0.2, -0.15) is 0 Å². The van der Waals surface area contributed by atoms with Crippen molar-refractivity contribution >= 4 is 39.1 Å². The molecule has 1 aliphatic carbocycles. The van der Waals surface area contributed by atoms with E-state index in [-0.39, 0.29) is 18.5 Å². The molecule has 2 aromatic carbocycles. The fourth-order valence-corrected chi connectivity index (χ4v) is 5.14. The molecule has 2 aromatic rings. The Morgan fingerprint density at radius 1 is 1.14 bits per heavy atom. The minimum Gasteiger partial charge on any atom is -0.497 e. The third-order valence-electron chi connectivity index (χ3n) is 6.15. The molecule has 8 nitrogen and oxygen atoms in total. The molecule has 1 fully saturated rings. The first-order valence-corrected chi connectivity index (χ1v) is 13.8. The van der Waals surface area contributed by atoms with Crippen LogP contribution in [0.5, 0.6) is 5.75 Å². The first-order chi connectivity index (χ1) is 16.6. The Hall–Kier alpha value is -2.78. The summed E-state index contributed by atoms with van der Waals surface area (Å²) < 4.78 is 31.5. The highest BCUT2D eigenvalue weighted by Gasteiger charge is 2.31. The maximum atomic E-state index is 13.6. The Kier molecular flexibility index (Phi) is 9.02. The maximum Gasteiger partial charge on any atom is 0.244 e. The second-order valence-corrected chi connectivity index (χ2v) is 11.1. The number of nitrogens with zero attached hydrogens (tertiary/aromatic N) is 2. The molecule has 0 unspecified atom stereocenters. The van der Waals surface area contributed by atoms with E-state index in [9.17, 15) is 18.0 Å². The topological polar surface area (TPSA) is 96.0 Å². The van der Waals surface area contributed by atoms with Crippen LogP contribution in [0.3, 0.4) is 0 Å². The lowest BCUT2D eigenvalue weighted by atomic mass is 10.1. The molecule has 35 heavy (non-hydrogen) atoms. The highest BCUT2D eigenvalue weighted by Crippen LogP contribution is 2.23. The molecule has 0 heterocycles. The lowest BCUT2D eigenvalue weighted by Crippen LogP contribution is -2.52. The normalized spacial score (nSPS) is 14.9. The van der Waals surface area contributed by atoms with Gasteiger partial charge in [0.2, 0.25) is 21.8 Å². The first kappa shape index (κ1) is 26.8. The second kappa shape index (κ2) is 11.8. The maximum absolute atomic E-state index is 13.6. The molecule has 3 rings (SSSR count). The second-order valence-electron chi connectivity index (χ2n) is 8.79. The highest BCUT2D eigenvalue weighted by atomic mass is 35.5. The highest BCUT2D eigenvalue weighted by molar-refractivity contribution is 7.92. The number of anilines is 1. The van der Waals surface area contributed by atoms with E-state index < -0.39 is 28.5 Å². The van der Waals surface area contributed by atoms with Gasteiger partial charge < -0.3 is 15.0 Å². The quantitative estimate of drug-likeness (QED) is 0.515. The third-order valence-corrected chi connectivity index (χ3v) is 7.54. The van der Waals surface area contributed by atoms with Crippen LogP contribution in [0.2, 0.25) is 5.02 Å². The number of carbonyl (C=O) groups excluding carboxylic acids is 2. The number of ether oxygens (including phenoxy) is 1. The van der Waals surface area contributed by atoms with Gasteiger partial charge in [-0.05, 0) is 61.7 Å². The van der Waals surface area contributed by atoms with Crippen molar-refractivity contribution in [1.29, 1.82) is 0 Å². The number of carbonyl (C=O) groups is 2. The van der Waals surface area contributed by atoms with E-state index in [4.69, 9.17) is 16.3 Å². The van der Waals surface area contributed by atoms with Crippen molar-refractivity contribution in [3.8, 4) is 5.75 Å². The lowest BCUT2D eigenvalue weighted by Gasteiger charge is -2.32. The van der Waals surface area contributed by atoms with Crippen LogP contribution < -0.4 is 14.4 Å². The van der Waals surface area contributed by atoms with Gasteiger partial charge in [0, 0.05) is 17.6 Å². The number of halogens is 1. The van der Waals surface area contributed by atoms with Gasteiger partial charge in [0.1, 0.15) is 18.3 Å². The van der Waals surface area contributed by atoms with Crippen LogP contribution in [0.1, 0.15) is 38.2 Å². The molecule has 0 spiro atoms.